The highest BCUT2D eigenvalue weighted by atomic mass is 16.5. The number of amides is 1. The maximum Gasteiger partial charge on any atom is 0.241 e. The van der Waals surface area contributed by atoms with Gasteiger partial charge in [0.05, 0.1) is 13.2 Å². The SMILES string of the molecule is COc1ccc(NC(=O)C2CCN2)cc1. The number of rotatable bonds is 3. The molecule has 2 rings (SSSR count). The van der Waals surface area contributed by atoms with Crippen LogP contribution in [-0.4, -0.2) is 25.6 Å². The van der Waals surface area contributed by atoms with Gasteiger partial charge in [-0.15, -0.1) is 0 Å². The Labute approximate surface area is 88.6 Å². The maximum atomic E-state index is 11.5. The summed E-state index contributed by atoms with van der Waals surface area (Å²) in [6, 6.07) is 7.28. The van der Waals surface area contributed by atoms with Crippen LogP contribution in [0.15, 0.2) is 24.3 Å². The summed E-state index contributed by atoms with van der Waals surface area (Å²) in [5, 5.41) is 5.89. The van der Waals surface area contributed by atoms with Crippen LogP contribution in [0.1, 0.15) is 6.42 Å². The summed E-state index contributed by atoms with van der Waals surface area (Å²) in [5.41, 5.74) is 0.800. The topological polar surface area (TPSA) is 50.4 Å². The predicted octanol–water partition coefficient (Wildman–Crippen LogP) is 0.996. The lowest BCUT2D eigenvalue weighted by atomic mass is 10.1. The van der Waals surface area contributed by atoms with Gasteiger partial charge in [0, 0.05) is 5.69 Å². The lowest BCUT2D eigenvalue weighted by molar-refractivity contribution is -0.119. The number of ether oxygens (including phenoxy) is 1. The van der Waals surface area contributed by atoms with Gasteiger partial charge in [0.25, 0.3) is 0 Å². The molecule has 1 aliphatic rings. The van der Waals surface area contributed by atoms with E-state index < -0.39 is 0 Å². The molecule has 1 saturated heterocycles. The Hall–Kier alpha value is -1.55. The van der Waals surface area contributed by atoms with Gasteiger partial charge in [-0.25, -0.2) is 0 Å². The van der Waals surface area contributed by atoms with Crippen molar-refractivity contribution >= 4 is 11.6 Å². The average molecular weight is 206 g/mol. The van der Waals surface area contributed by atoms with Gasteiger partial charge in [-0.1, -0.05) is 0 Å². The van der Waals surface area contributed by atoms with Gasteiger partial charge in [0.2, 0.25) is 5.91 Å². The molecule has 1 amide bonds. The van der Waals surface area contributed by atoms with Gasteiger partial charge in [-0.3, -0.25) is 4.79 Å². The van der Waals surface area contributed by atoms with Crippen LogP contribution >= 0.6 is 0 Å². The van der Waals surface area contributed by atoms with Crippen molar-refractivity contribution in [3.8, 4) is 5.75 Å². The van der Waals surface area contributed by atoms with Gasteiger partial charge >= 0.3 is 0 Å². The molecule has 1 unspecified atom stereocenters. The van der Waals surface area contributed by atoms with Gasteiger partial charge in [-0.05, 0) is 37.2 Å². The monoisotopic (exact) mass is 206 g/mol. The third-order valence-electron chi connectivity index (χ3n) is 2.50. The zero-order valence-corrected chi connectivity index (χ0v) is 8.62. The molecular weight excluding hydrogens is 192 g/mol. The van der Waals surface area contributed by atoms with Crippen molar-refractivity contribution in [3.05, 3.63) is 24.3 Å². The first-order valence-corrected chi connectivity index (χ1v) is 4.98. The fraction of sp³-hybridized carbons (Fsp3) is 0.364. The minimum absolute atomic E-state index is 0.0212. The first-order valence-electron chi connectivity index (χ1n) is 4.98. The third kappa shape index (κ3) is 2.27. The molecular formula is C11H14N2O2. The van der Waals surface area contributed by atoms with E-state index in [-0.39, 0.29) is 11.9 Å². The second kappa shape index (κ2) is 4.31. The molecule has 1 aliphatic heterocycles. The minimum Gasteiger partial charge on any atom is -0.497 e. The molecule has 0 aliphatic carbocycles. The normalized spacial score (nSPS) is 19.1. The second-order valence-corrected chi connectivity index (χ2v) is 3.51. The third-order valence-corrected chi connectivity index (χ3v) is 2.50. The fourth-order valence-electron chi connectivity index (χ4n) is 1.42. The number of benzene rings is 1. The molecule has 80 valence electrons. The zero-order chi connectivity index (χ0) is 10.7. The molecule has 1 fully saturated rings. The Morgan fingerprint density at radius 1 is 1.47 bits per heavy atom. The highest BCUT2D eigenvalue weighted by molar-refractivity contribution is 5.95. The summed E-state index contributed by atoms with van der Waals surface area (Å²) < 4.78 is 5.03. The van der Waals surface area contributed by atoms with Gasteiger partial charge in [0.15, 0.2) is 0 Å². The second-order valence-electron chi connectivity index (χ2n) is 3.51. The van der Waals surface area contributed by atoms with Crippen LogP contribution < -0.4 is 15.4 Å². The number of methoxy groups -OCH3 is 1. The standard InChI is InChI=1S/C11H14N2O2/c1-15-9-4-2-8(3-5-9)13-11(14)10-6-7-12-10/h2-5,10,12H,6-7H2,1H3,(H,13,14). The minimum atomic E-state index is -0.0212. The zero-order valence-electron chi connectivity index (χ0n) is 8.62. The highest BCUT2D eigenvalue weighted by Crippen LogP contribution is 2.15. The van der Waals surface area contributed by atoms with Crippen LogP contribution in [0.4, 0.5) is 5.69 Å². The quantitative estimate of drug-likeness (QED) is 0.775. The number of hydrogen-bond acceptors (Lipinski definition) is 3. The molecule has 4 nitrogen and oxygen atoms in total. The predicted molar refractivity (Wildman–Crippen MR) is 58.0 cm³/mol. The van der Waals surface area contributed by atoms with Crippen LogP contribution in [-0.2, 0) is 4.79 Å². The number of nitrogens with one attached hydrogen (secondary N) is 2. The van der Waals surface area contributed by atoms with Crippen molar-refractivity contribution in [2.75, 3.05) is 19.0 Å². The summed E-state index contributed by atoms with van der Waals surface area (Å²) >= 11 is 0. The molecule has 0 spiro atoms. The van der Waals surface area contributed by atoms with E-state index in [1.54, 1.807) is 7.11 Å². The van der Waals surface area contributed by atoms with Crippen molar-refractivity contribution in [3.63, 3.8) is 0 Å². The first-order chi connectivity index (χ1) is 7.29. The van der Waals surface area contributed by atoms with E-state index in [9.17, 15) is 4.79 Å². The molecule has 1 atom stereocenters. The molecule has 0 aromatic heterocycles. The Balaban J connectivity index is 1.94. The summed E-state index contributed by atoms with van der Waals surface area (Å²) in [6.45, 7) is 0.931. The van der Waals surface area contributed by atoms with Crippen molar-refractivity contribution in [2.24, 2.45) is 0 Å². The van der Waals surface area contributed by atoms with E-state index in [1.165, 1.54) is 0 Å². The maximum absolute atomic E-state index is 11.5. The van der Waals surface area contributed by atoms with Crippen LogP contribution in [0.25, 0.3) is 0 Å². The van der Waals surface area contributed by atoms with Gasteiger partial charge in [-0.2, -0.15) is 0 Å². The molecule has 1 heterocycles. The van der Waals surface area contributed by atoms with E-state index in [4.69, 9.17) is 4.74 Å². The van der Waals surface area contributed by atoms with Gasteiger partial charge in [0.1, 0.15) is 5.75 Å². The lowest BCUT2D eigenvalue weighted by Gasteiger charge is -2.26. The van der Waals surface area contributed by atoms with Crippen molar-refractivity contribution in [1.29, 1.82) is 0 Å². The molecule has 4 heteroatoms. The number of carbonyl (C=O) groups is 1. The number of carbonyl (C=O) groups excluding carboxylic acids is 1. The van der Waals surface area contributed by atoms with E-state index in [2.05, 4.69) is 10.6 Å². The fourth-order valence-corrected chi connectivity index (χ4v) is 1.42. The first kappa shape index (κ1) is 9.98. The van der Waals surface area contributed by atoms with Crippen LogP contribution in [0.2, 0.25) is 0 Å². The summed E-state index contributed by atoms with van der Waals surface area (Å²) in [6.07, 6.45) is 0.919. The Morgan fingerprint density at radius 2 is 2.13 bits per heavy atom. The molecule has 1 aromatic carbocycles. The molecule has 0 saturated carbocycles. The van der Waals surface area contributed by atoms with E-state index in [0.29, 0.717) is 0 Å². The number of hydrogen-bond donors (Lipinski definition) is 2. The molecule has 15 heavy (non-hydrogen) atoms. The van der Waals surface area contributed by atoms with Crippen molar-refractivity contribution < 1.29 is 9.53 Å². The Kier molecular flexibility index (Phi) is 2.87. The Bertz CT molecular complexity index is 344. The van der Waals surface area contributed by atoms with E-state index in [0.717, 1.165) is 24.4 Å². The van der Waals surface area contributed by atoms with Crippen LogP contribution in [0, 0.1) is 0 Å². The van der Waals surface area contributed by atoms with Gasteiger partial charge < -0.3 is 15.4 Å². The molecule has 1 aromatic rings. The van der Waals surface area contributed by atoms with Crippen LogP contribution in [0.5, 0.6) is 5.75 Å². The average Bonchev–Trinajstić information content (AvgIpc) is 2.16. The van der Waals surface area contributed by atoms with Crippen molar-refractivity contribution in [2.45, 2.75) is 12.5 Å². The molecule has 0 radical (unpaired) electrons. The summed E-state index contributed by atoms with van der Waals surface area (Å²) in [7, 11) is 1.62. The van der Waals surface area contributed by atoms with Crippen molar-refractivity contribution in [1.82, 2.24) is 5.32 Å². The molecule has 2 N–H and O–H groups in total. The lowest BCUT2D eigenvalue weighted by Crippen LogP contribution is -2.50. The molecule has 0 bridgehead atoms. The van der Waals surface area contributed by atoms with Crippen LogP contribution in [0.3, 0.4) is 0 Å². The number of anilines is 1. The summed E-state index contributed by atoms with van der Waals surface area (Å²) in [4.78, 5) is 11.5. The van der Waals surface area contributed by atoms with E-state index >= 15 is 0 Å². The highest BCUT2D eigenvalue weighted by Gasteiger charge is 2.24. The Morgan fingerprint density at radius 3 is 2.60 bits per heavy atom. The summed E-state index contributed by atoms with van der Waals surface area (Å²) in [5.74, 6) is 0.821. The van der Waals surface area contributed by atoms with E-state index in [1.807, 2.05) is 24.3 Å². The largest absolute Gasteiger partial charge is 0.497 e. The smallest absolute Gasteiger partial charge is 0.241 e.